The molecule has 0 amide bonds. The summed E-state index contributed by atoms with van der Waals surface area (Å²) in [6, 6.07) is 13.4. The summed E-state index contributed by atoms with van der Waals surface area (Å²) < 4.78 is 0.833. The molecular formula is C19H19N6O2S+. The molecule has 0 radical (unpaired) electrons. The minimum absolute atomic E-state index is 0.0128. The zero-order chi connectivity index (χ0) is 19.9. The number of nitrogens with zero attached hydrogens (tertiary/aromatic N) is 5. The number of rotatable bonds is 6. The molecule has 1 heterocycles. The van der Waals surface area contributed by atoms with E-state index < -0.39 is 4.92 Å². The third-order valence-electron chi connectivity index (χ3n) is 3.85. The van der Waals surface area contributed by atoms with Crippen molar-refractivity contribution in [2.24, 2.45) is 10.2 Å². The van der Waals surface area contributed by atoms with E-state index in [0.717, 1.165) is 41.1 Å². The maximum atomic E-state index is 10.9. The van der Waals surface area contributed by atoms with Gasteiger partial charge < -0.3 is 5.32 Å². The number of hydrogen-bond acceptors (Lipinski definition) is 7. The van der Waals surface area contributed by atoms with Gasteiger partial charge in [0.2, 0.25) is 5.13 Å². The Morgan fingerprint density at radius 2 is 2.14 bits per heavy atom. The Bertz CT molecular complexity index is 1100. The standard InChI is InChI=1S/C19H19N6O2S/c1-3-20-9-4-10-21-14-5-7-16(13(2)11-14)23-24-19-22-17-12-15(25(26)27)6-8-18(17)28-19/h5-8,11-12,21H,3-4,10H2,1-2H3/q+1. The van der Waals surface area contributed by atoms with Crippen LogP contribution in [0.4, 0.5) is 22.2 Å². The van der Waals surface area contributed by atoms with Crippen LogP contribution in [0.25, 0.3) is 15.1 Å². The number of hydrogen-bond donors (Lipinski definition) is 1. The van der Waals surface area contributed by atoms with Crippen LogP contribution in [0.3, 0.4) is 0 Å². The number of non-ortho nitro benzene ring substituents is 1. The van der Waals surface area contributed by atoms with Crippen LogP contribution in [0.2, 0.25) is 0 Å². The molecule has 1 N–H and O–H groups in total. The smallest absolute Gasteiger partial charge is 0.274 e. The number of anilines is 1. The maximum absolute atomic E-state index is 10.9. The van der Waals surface area contributed by atoms with Gasteiger partial charge >= 0.3 is 0 Å². The first-order chi connectivity index (χ1) is 13.6. The zero-order valence-corrected chi connectivity index (χ0v) is 16.4. The molecule has 142 valence electrons. The average molecular weight is 395 g/mol. The average Bonchev–Trinajstić information content (AvgIpc) is 3.09. The number of nitrogens with one attached hydrogen (secondary N) is 1. The number of benzene rings is 2. The zero-order valence-electron chi connectivity index (χ0n) is 15.5. The molecule has 0 spiro atoms. The minimum atomic E-state index is -0.437. The van der Waals surface area contributed by atoms with Crippen molar-refractivity contribution in [2.45, 2.75) is 20.3 Å². The summed E-state index contributed by atoms with van der Waals surface area (Å²) in [4.78, 5) is 18.8. The summed E-state index contributed by atoms with van der Waals surface area (Å²) in [6.45, 7) is 5.47. The van der Waals surface area contributed by atoms with Crippen LogP contribution in [0.5, 0.6) is 0 Å². The molecule has 0 aliphatic rings. The van der Waals surface area contributed by atoms with Gasteiger partial charge in [0.05, 0.1) is 27.2 Å². The summed E-state index contributed by atoms with van der Waals surface area (Å²) in [6.07, 6.45) is 0.754. The fourth-order valence-corrected chi connectivity index (χ4v) is 3.26. The molecule has 9 heteroatoms. The van der Waals surface area contributed by atoms with Gasteiger partial charge in [-0.25, -0.2) is 4.98 Å². The number of thiazole rings is 1. The maximum Gasteiger partial charge on any atom is 0.274 e. The van der Waals surface area contributed by atoms with Gasteiger partial charge in [-0.05, 0) is 36.8 Å². The summed E-state index contributed by atoms with van der Waals surface area (Å²) in [7, 11) is 0. The monoisotopic (exact) mass is 395 g/mol. The van der Waals surface area contributed by atoms with Gasteiger partial charge in [0, 0.05) is 31.3 Å². The lowest BCUT2D eigenvalue weighted by Crippen LogP contribution is -2.00. The molecule has 0 saturated heterocycles. The highest BCUT2D eigenvalue weighted by Gasteiger charge is 2.10. The van der Waals surface area contributed by atoms with Crippen LogP contribution in [-0.4, -0.2) is 23.0 Å². The van der Waals surface area contributed by atoms with Crippen LogP contribution in [0, 0.1) is 23.1 Å². The van der Waals surface area contributed by atoms with Crippen LogP contribution >= 0.6 is 11.3 Å². The molecule has 0 aliphatic carbocycles. The first-order valence-corrected chi connectivity index (χ1v) is 9.59. The Morgan fingerprint density at radius 3 is 2.89 bits per heavy atom. The number of nitro benzene ring substituents is 1. The van der Waals surface area contributed by atoms with E-state index in [4.69, 9.17) is 0 Å². The lowest BCUT2D eigenvalue weighted by Gasteiger charge is -2.05. The molecule has 0 bridgehead atoms. The van der Waals surface area contributed by atoms with Gasteiger partial charge in [0.15, 0.2) is 0 Å². The lowest BCUT2D eigenvalue weighted by atomic mass is 10.2. The van der Waals surface area contributed by atoms with Crippen molar-refractivity contribution in [1.82, 2.24) is 4.98 Å². The molecule has 0 fully saturated rings. The predicted molar refractivity (Wildman–Crippen MR) is 113 cm³/mol. The van der Waals surface area contributed by atoms with Crippen LogP contribution < -0.4 is 5.32 Å². The minimum Gasteiger partial charge on any atom is -0.384 e. The fourth-order valence-electron chi connectivity index (χ4n) is 2.49. The second kappa shape index (κ2) is 9.01. The van der Waals surface area contributed by atoms with Gasteiger partial charge in [0.1, 0.15) is 0 Å². The van der Waals surface area contributed by atoms with Gasteiger partial charge in [-0.2, -0.15) is 0 Å². The van der Waals surface area contributed by atoms with Gasteiger partial charge in [-0.1, -0.05) is 16.2 Å². The van der Waals surface area contributed by atoms with E-state index in [1.165, 1.54) is 23.5 Å². The second-order valence-electron chi connectivity index (χ2n) is 5.92. The quantitative estimate of drug-likeness (QED) is 0.236. The van der Waals surface area contributed by atoms with Gasteiger partial charge in [-0.3, -0.25) is 10.1 Å². The molecule has 0 aliphatic heterocycles. The molecule has 0 unspecified atom stereocenters. The van der Waals surface area contributed by atoms with Gasteiger partial charge in [0.25, 0.3) is 18.3 Å². The highest BCUT2D eigenvalue weighted by atomic mass is 32.1. The third-order valence-corrected chi connectivity index (χ3v) is 4.77. The predicted octanol–water partition coefficient (Wildman–Crippen LogP) is 6.08. The molecule has 3 rings (SSSR count). The Balaban J connectivity index is 1.69. The van der Waals surface area contributed by atoms with E-state index >= 15 is 0 Å². The molecule has 8 nitrogen and oxygen atoms in total. The Morgan fingerprint density at radius 1 is 1.29 bits per heavy atom. The molecule has 1 aromatic heterocycles. The van der Waals surface area contributed by atoms with Crippen molar-refractivity contribution in [3.05, 3.63) is 56.9 Å². The topological polar surface area (TPSA) is 97.1 Å². The summed E-state index contributed by atoms with van der Waals surface area (Å²) in [5, 5.41) is 23.1. The highest BCUT2D eigenvalue weighted by molar-refractivity contribution is 7.21. The largest absolute Gasteiger partial charge is 0.384 e. The number of fused-ring (bicyclic) bond motifs is 1. The first-order valence-electron chi connectivity index (χ1n) is 8.77. The Hall–Kier alpha value is -3.38. The van der Waals surface area contributed by atoms with Crippen molar-refractivity contribution in [3.63, 3.8) is 0 Å². The summed E-state index contributed by atoms with van der Waals surface area (Å²) >= 11 is 1.34. The molecule has 2 aromatic carbocycles. The SMILES string of the molecule is CC[N+]#CCCNc1ccc(N=Nc2nc3cc([N+](=O)[O-])ccc3s2)c(C)c1. The number of aryl methyl sites for hydroxylation is 1. The first kappa shape index (κ1) is 19.4. The van der Waals surface area contributed by atoms with E-state index in [0.29, 0.717) is 10.6 Å². The van der Waals surface area contributed by atoms with Crippen molar-refractivity contribution < 1.29 is 4.92 Å². The van der Waals surface area contributed by atoms with Gasteiger partial charge in [-0.15, -0.1) is 10.2 Å². The van der Waals surface area contributed by atoms with Crippen molar-refractivity contribution >= 4 is 43.7 Å². The number of nitro groups is 1. The summed E-state index contributed by atoms with van der Waals surface area (Å²) in [5.41, 5.74) is 3.29. The molecule has 3 aromatic rings. The Kier molecular flexibility index (Phi) is 6.24. The van der Waals surface area contributed by atoms with E-state index in [-0.39, 0.29) is 5.69 Å². The highest BCUT2D eigenvalue weighted by Crippen LogP contribution is 2.32. The molecule has 28 heavy (non-hydrogen) atoms. The van der Waals surface area contributed by atoms with Crippen LogP contribution in [0.15, 0.2) is 46.6 Å². The summed E-state index contributed by atoms with van der Waals surface area (Å²) in [5.74, 6) is 0. The van der Waals surface area contributed by atoms with Crippen molar-refractivity contribution in [1.29, 1.82) is 0 Å². The van der Waals surface area contributed by atoms with Crippen molar-refractivity contribution in [2.75, 3.05) is 18.4 Å². The second-order valence-corrected chi connectivity index (χ2v) is 6.93. The van der Waals surface area contributed by atoms with E-state index in [9.17, 15) is 10.1 Å². The van der Waals surface area contributed by atoms with E-state index in [1.807, 2.05) is 32.0 Å². The molecular weight excluding hydrogens is 376 g/mol. The van der Waals surface area contributed by atoms with E-state index in [1.54, 1.807) is 6.07 Å². The normalized spacial score (nSPS) is 10.8. The van der Waals surface area contributed by atoms with E-state index in [2.05, 4.69) is 31.4 Å². The number of aromatic nitrogens is 1. The third kappa shape index (κ3) is 4.86. The van der Waals surface area contributed by atoms with Crippen molar-refractivity contribution in [3.8, 4) is 6.07 Å². The fraction of sp³-hybridized carbons (Fsp3) is 0.263. The molecule has 0 atom stereocenters. The lowest BCUT2D eigenvalue weighted by molar-refractivity contribution is -0.384. The number of azo groups is 1. The van der Waals surface area contributed by atoms with Crippen LogP contribution in [0.1, 0.15) is 18.9 Å². The molecule has 0 saturated carbocycles. The Labute approximate surface area is 165 Å². The van der Waals surface area contributed by atoms with Crippen LogP contribution in [-0.2, 0) is 0 Å².